The van der Waals surface area contributed by atoms with Gasteiger partial charge in [0.1, 0.15) is 11.4 Å². The molecule has 1 fully saturated rings. The van der Waals surface area contributed by atoms with Crippen molar-refractivity contribution in [2.45, 2.75) is 31.7 Å². The average molecular weight is 294 g/mol. The molecule has 2 amide bonds. The molecule has 1 heterocycles. The van der Waals surface area contributed by atoms with Crippen molar-refractivity contribution in [3.8, 4) is 0 Å². The van der Waals surface area contributed by atoms with Gasteiger partial charge < -0.3 is 10.0 Å². The molecule has 0 aromatic heterocycles. The van der Waals surface area contributed by atoms with E-state index in [2.05, 4.69) is 0 Å². The molecule has 1 atom stereocenters. The maximum absolute atomic E-state index is 13.3. The fraction of sp³-hybridized carbons (Fsp3) is 0.467. The van der Waals surface area contributed by atoms with Crippen molar-refractivity contribution in [1.29, 1.82) is 0 Å². The monoisotopic (exact) mass is 294 g/mol. The van der Waals surface area contributed by atoms with Gasteiger partial charge in [-0.1, -0.05) is 13.0 Å². The lowest BCUT2D eigenvalue weighted by atomic mass is 9.93. The largest absolute Gasteiger partial charge is 0.479 e. The van der Waals surface area contributed by atoms with E-state index in [1.165, 1.54) is 35.0 Å². The number of anilines is 1. The van der Waals surface area contributed by atoms with E-state index >= 15 is 0 Å². The quantitative estimate of drug-likeness (QED) is 0.932. The van der Waals surface area contributed by atoms with E-state index in [1.807, 2.05) is 0 Å². The zero-order valence-corrected chi connectivity index (χ0v) is 12.2. The SMILES string of the molecule is CCC1(C(=O)O)CCCN1C(=O)N(C)c1cccc(F)c1. The number of carboxylic acids is 1. The second kappa shape index (κ2) is 5.71. The Kier molecular flexibility index (Phi) is 4.16. The summed E-state index contributed by atoms with van der Waals surface area (Å²) in [6.07, 6.45) is 1.45. The van der Waals surface area contributed by atoms with Crippen LogP contribution in [-0.4, -0.2) is 41.1 Å². The number of halogens is 1. The van der Waals surface area contributed by atoms with Crippen LogP contribution in [0.2, 0.25) is 0 Å². The van der Waals surface area contributed by atoms with Crippen LogP contribution in [0.15, 0.2) is 24.3 Å². The predicted octanol–water partition coefficient (Wildman–Crippen LogP) is 2.71. The third kappa shape index (κ3) is 2.57. The highest BCUT2D eigenvalue weighted by molar-refractivity contribution is 5.95. The van der Waals surface area contributed by atoms with Crippen LogP contribution in [0.3, 0.4) is 0 Å². The highest BCUT2D eigenvalue weighted by Gasteiger charge is 2.49. The first kappa shape index (κ1) is 15.3. The van der Waals surface area contributed by atoms with Gasteiger partial charge >= 0.3 is 12.0 Å². The number of urea groups is 1. The van der Waals surface area contributed by atoms with E-state index in [1.54, 1.807) is 13.0 Å². The van der Waals surface area contributed by atoms with E-state index in [4.69, 9.17) is 0 Å². The van der Waals surface area contributed by atoms with Gasteiger partial charge in [0.15, 0.2) is 0 Å². The van der Waals surface area contributed by atoms with Gasteiger partial charge in [0.05, 0.1) is 0 Å². The summed E-state index contributed by atoms with van der Waals surface area (Å²) >= 11 is 0. The number of hydrogen-bond acceptors (Lipinski definition) is 2. The summed E-state index contributed by atoms with van der Waals surface area (Å²) in [6.45, 7) is 2.17. The van der Waals surface area contributed by atoms with Crippen LogP contribution in [-0.2, 0) is 4.79 Å². The Morgan fingerprint density at radius 1 is 1.48 bits per heavy atom. The van der Waals surface area contributed by atoms with Gasteiger partial charge in [-0.05, 0) is 37.5 Å². The summed E-state index contributed by atoms with van der Waals surface area (Å²) in [5.74, 6) is -1.42. The Morgan fingerprint density at radius 2 is 2.19 bits per heavy atom. The molecule has 1 aromatic rings. The lowest BCUT2D eigenvalue weighted by Crippen LogP contribution is -2.56. The molecular formula is C15H19FN2O3. The van der Waals surface area contributed by atoms with E-state index < -0.39 is 23.4 Å². The molecule has 1 saturated heterocycles. The van der Waals surface area contributed by atoms with Gasteiger partial charge in [-0.15, -0.1) is 0 Å². The molecule has 0 spiro atoms. The second-order valence-electron chi connectivity index (χ2n) is 5.27. The number of carboxylic acid groups (broad SMARTS) is 1. The Labute approximate surface area is 123 Å². The van der Waals surface area contributed by atoms with Gasteiger partial charge in [-0.2, -0.15) is 0 Å². The Hall–Kier alpha value is -2.11. The minimum Gasteiger partial charge on any atom is -0.479 e. The van der Waals surface area contributed by atoms with Crippen LogP contribution in [0, 0.1) is 5.82 Å². The summed E-state index contributed by atoms with van der Waals surface area (Å²) in [4.78, 5) is 26.9. The number of rotatable bonds is 3. The molecule has 5 nitrogen and oxygen atoms in total. The summed E-state index contributed by atoms with van der Waals surface area (Å²) in [7, 11) is 1.53. The highest BCUT2D eigenvalue weighted by atomic mass is 19.1. The molecule has 0 radical (unpaired) electrons. The molecule has 2 rings (SSSR count). The molecule has 6 heteroatoms. The molecule has 114 valence electrons. The predicted molar refractivity (Wildman–Crippen MR) is 76.8 cm³/mol. The summed E-state index contributed by atoms with van der Waals surface area (Å²) < 4.78 is 13.3. The van der Waals surface area contributed by atoms with Gasteiger partial charge in [0.2, 0.25) is 0 Å². The first-order chi connectivity index (χ1) is 9.92. The van der Waals surface area contributed by atoms with Gasteiger partial charge in [-0.25, -0.2) is 14.0 Å². The molecule has 0 saturated carbocycles. The van der Waals surface area contributed by atoms with Gasteiger partial charge in [0.25, 0.3) is 0 Å². The molecule has 1 unspecified atom stereocenters. The standard InChI is InChI=1S/C15H19FN2O3/c1-3-15(13(19)20)8-5-9-18(15)14(21)17(2)12-7-4-6-11(16)10-12/h4,6-7,10H,3,5,8-9H2,1-2H3,(H,19,20). The topological polar surface area (TPSA) is 60.9 Å². The highest BCUT2D eigenvalue weighted by Crippen LogP contribution is 2.34. The molecule has 21 heavy (non-hydrogen) atoms. The number of likely N-dealkylation sites (tertiary alicyclic amines) is 1. The first-order valence-corrected chi connectivity index (χ1v) is 6.96. The van der Waals surface area contributed by atoms with Crippen molar-refractivity contribution < 1.29 is 19.1 Å². The summed E-state index contributed by atoms with van der Waals surface area (Å²) in [5, 5.41) is 9.51. The van der Waals surface area contributed by atoms with Crippen LogP contribution < -0.4 is 4.90 Å². The second-order valence-corrected chi connectivity index (χ2v) is 5.27. The Bertz CT molecular complexity index is 564. The smallest absolute Gasteiger partial charge is 0.329 e. The van der Waals surface area contributed by atoms with Crippen LogP contribution in [0.25, 0.3) is 0 Å². The molecule has 0 aliphatic carbocycles. The van der Waals surface area contributed by atoms with Crippen molar-refractivity contribution in [2.24, 2.45) is 0 Å². The number of benzene rings is 1. The lowest BCUT2D eigenvalue weighted by Gasteiger charge is -2.36. The zero-order chi connectivity index (χ0) is 15.6. The van der Waals surface area contributed by atoms with Gasteiger partial charge in [0, 0.05) is 19.3 Å². The molecule has 0 bridgehead atoms. The Balaban J connectivity index is 2.28. The van der Waals surface area contributed by atoms with E-state index in [9.17, 15) is 19.1 Å². The maximum atomic E-state index is 13.3. The number of amides is 2. The van der Waals surface area contributed by atoms with Crippen molar-refractivity contribution in [3.63, 3.8) is 0 Å². The van der Waals surface area contributed by atoms with Crippen molar-refractivity contribution in [2.75, 3.05) is 18.5 Å². The van der Waals surface area contributed by atoms with Crippen LogP contribution >= 0.6 is 0 Å². The molecular weight excluding hydrogens is 275 g/mol. The fourth-order valence-electron chi connectivity index (χ4n) is 2.87. The van der Waals surface area contributed by atoms with Gasteiger partial charge in [-0.3, -0.25) is 4.90 Å². The van der Waals surface area contributed by atoms with Crippen LogP contribution in [0.1, 0.15) is 26.2 Å². The summed E-state index contributed by atoms with van der Waals surface area (Å²) in [6, 6.07) is 5.27. The van der Waals surface area contributed by atoms with Crippen LogP contribution in [0.5, 0.6) is 0 Å². The number of carbonyl (C=O) groups excluding carboxylic acids is 1. The Morgan fingerprint density at radius 3 is 2.76 bits per heavy atom. The minimum absolute atomic E-state index is 0.352. The molecule has 1 aliphatic heterocycles. The number of hydrogen-bond donors (Lipinski definition) is 1. The number of aliphatic carboxylic acids is 1. The third-order valence-electron chi connectivity index (χ3n) is 4.19. The molecule has 1 N–H and O–H groups in total. The maximum Gasteiger partial charge on any atom is 0.329 e. The average Bonchev–Trinajstić information content (AvgIpc) is 2.90. The van der Waals surface area contributed by atoms with Crippen molar-refractivity contribution in [1.82, 2.24) is 4.90 Å². The van der Waals surface area contributed by atoms with E-state index in [0.717, 1.165) is 0 Å². The van der Waals surface area contributed by atoms with Crippen LogP contribution in [0.4, 0.5) is 14.9 Å². The van der Waals surface area contributed by atoms with Crippen molar-refractivity contribution >= 4 is 17.7 Å². The molecule has 1 aromatic carbocycles. The van der Waals surface area contributed by atoms with E-state index in [-0.39, 0.29) is 0 Å². The normalized spacial score (nSPS) is 21.4. The van der Waals surface area contributed by atoms with Crippen molar-refractivity contribution in [3.05, 3.63) is 30.1 Å². The lowest BCUT2D eigenvalue weighted by molar-refractivity contribution is -0.148. The minimum atomic E-state index is -1.15. The first-order valence-electron chi connectivity index (χ1n) is 6.96. The third-order valence-corrected chi connectivity index (χ3v) is 4.19. The fourth-order valence-corrected chi connectivity index (χ4v) is 2.87. The van der Waals surface area contributed by atoms with E-state index in [0.29, 0.717) is 31.5 Å². The number of carbonyl (C=O) groups is 2. The summed E-state index contributed by atoms with van der Waals surface area (Å²) in [5.41, 5.74) is -0.749. The zero-order valence-electron chi connectivity index (χ0n) is 12.2. The number of nitrogens with zero attached hydrogens (tertiary/aromatic N) is 2. The molecule has 1 aliphatic rings.